The average molecular weight is 372 g/mol. The fraction of sp³-hybridized carbons (Fsp3) is 0.286. The second kappa shape index (κ2) is 6.33. The Balaban J connectivity index is 1.54. The van der Waals surface area contributed by atoms with Crippen LogP contribution in [-0.2, 0) is 14.6 Å². The Hall–Kier alpha value is -2.26. The van der Waals surface area contributed by atoms with Crippen LogP contribution in [0.2, 0.25) is 5.02 Å². The fourth-order valence-corrected chi connectivity index (χ4v) is 3.90. The Morgan fingerprint density at radius 2 is 2.12 bits per heavy atom. The van der Waals surface area contributed by atoms with Crippen molar-refractivity contribution in [3.05, 3.63) is 29.3 Å². The van der Waals surface area contributed by atoms with Gasteiger partial charge in [-0.1, -0.05) is 11.6 Å². The first kappa shape index (κ1) is 16.6. The number of fused-ring (bicyclic) bond motifs is 1. The number of rotatable bonds is 3. The number of nitrogens with zero attached hydrogens (tertiary/aromatic N) is 1. The van der Waals surface area contributed by atoms with Crippen LogP contribution in [0.5, 0.6) is 5.88 Å². The van der Waals surface area contributed by atoms with Gasteiger partial charge in [0.1, 0.15) is 12.4 Å². The molecule has 0 bridgehead atoms. The van der Waals surface area contributed by atoms with Gasteiger partial charge in [0, 0.05) is 28.5 Å². The lowest BCUT2D eigenvalue weighted by Gasteiger charge is -2.13. The first-order valence-corrected chi connectivity index (χ1v) is 9.24. The zero-order valence-corrected chi connectivity index (χ0v) is 14.0. The number of ether oxygens (including phenoxy) is 1. The summed E-state index contributed by atoms with van der Waals surface area (Å²) in [7, 11) is -3.20. The Bertz CT molecular complexity index is 908. The van der Waals surface area contributed by atoms with Crippen LogP contribution in [0.25, 0.3) is 10.9 Å². The van der Waals surface area contributed by atoms with E-state index in [-0.39, 0.29) is 30.6 Å². The van der Waals surface area contributed by atoms with E-state index in [2.05, 4.69) is 10.3 Å². The number of aromatic nitrogens is 1. The molecule has 1 aromatic carbocycles. The molecule has 1 fully saturated rings. The van der Waals surface area contributed by atoms with Crippen molar-refractivity contribution in [1.82, 2.24) is 15.2 Å². The zero-order chi connectivity index (χ0) is 17.3. The van der Waals surface area contributed by atoms with Crippen molar-refractivity contribution in [1.29, 1.82) is 0 Å². The highest BCUT2D eigenvalue weighted by molar-refractivity contribution is 7.91. The molecule has 2 heterocycles. The van der Waals surface area contributed by atoms with Gasteiger partial charge < -0.3 is 19.9 Å². The Morgan fingerprint density at radius 1 is 1.33 bits per heavy atom. The molecule has 2 aromatic rings. The van der Waals surface area contributed by atoms with Crippen molar-refractivity contribution >= 4 is 44.3 Å². The number of hydrogen-bond donors (Lipinski definition) is 2. The third-order valence-electron chi connectivity index (χ3n) is 3.52. The van der Waals surface area contributed by atoms with Crippen LogP contribution in [0.4, 0.5) is 4.79 Å². The second-order valence-corrected chi connectivity index (χ2v) is 7.93. The van der Waals surface area contributed by atoms with Gasteiger partial charge in [-0.25, -0.2) is 13.2 Å². The lowest BCUT2D eigenvalue weighted by Crippen LogP contribution is -2.40. The maximum absolute atomic E-state index is 11.8. The summed E-state index contributed by atoms with van der Waals surface area (Å²) in [5.41, 5.74) is 0.751. The zero-order valence-electron chi connectivity index (χ0n) is 12.4. The third-order valence-corrected chi connectivity index (χ3v) is 5.27. The van der Waals surface area contributed by atoms with Crippen LogP contribution >= 0.6 is 11.6 Å². The van der Waals surface area contributed by atoms with Crippen LogP contribution in [0.15, 0.2) is 24.3 Å². The van der Waals surface area contributed by atoms with Gasteiger partial charge in [-0.05, 0) is 18.2 Å². The molecule has 0 atom stereocenters. The van der Waals surface area contributed by atoms with E-state index in [0.29, 0.717) is 5.02 Å². The number of sulfone groups is 1. The molecule has 24 heavy (non-hydrogen) atoms. The molecule has 128 valence electrons. The maximum atomic E-state index is 11.8. The molecule has 1 saturated heterocycles. The first-order valence-electron chi connectivity index (χ1n) is 7.04. The molecule has 1 aromatic heterocycles. The van der Waals surface area contributed by atoms with Crippen LogP contribution in [0.3, 0.4) is 0 Å². The summed E-state index contributed by atoms with van der Waals surface area (Å²) < 4.78 is 27.7. The van der Waals surface area contributed by atoms with Crippen LogP contribution in [0, 0.1) is 0 Å². The number of hydrogen-bond acceptors (Lipinski definition) is 5. The minimum Gasteiger partial charge on any atom is -0.393 e. The minimum atomic E-state index is -3.20. The molecular formula is C14H14ClN3O5S. The number of carbonyl (C=O) groups excluding carboxylic acids is 2. The Kier molecular flexibility index (Phi) is 4.37. The van der Waals surface area contributed by atoms with Gasteiger partial charge in [0.15, 0.2) is 9.84 Å². The number of amides is 2. The van der Waals surface area contributed by atoms with E-state index in [9.17, 15) is 18.0 Å². The maximum Gasteiger partial charge on any atom is 0.414 e. The van der Waals surface area contributed by atoms with Gasteiger partial charge in [0.05, 0.1) is 5.75 Å². The third kappa shape index (κ3) is 3.80. The number of halogens is 1. The standard InChI is InChI=1S/C14H14ClN3O5S/c15-10-1-2-11-9(5-10)6-12(17-11)23-14(20)16-7-13(19)18-3-4-24(21,22)8-18/h1-2,5-6,17H,3-4,7-8H2,(H,16,20). The molecule has 0 aliphatic carbocycles. The van der Waals surface area contributed by atoms with Gasteiger partial charge in [-0.15, -0.1) is 0 Å². The highest BCUT2D eigenvalue weighted by Gasteiger charge is 2.29. The summed E-state index contributed by atoms with van der Waals surface area (Å²) >= 11 is 5.88. The molecule has 0 saturated carbocycles. The molecule has 8 nitrogen and oxygen atoms in total. The van der Waals surface area contributed by atoms with Crippen LogP contribution in [-0.4, -0.2) is 55.0 Å². The largest absolute Gasteiger partial charge is 0.414 e. The summed E-state index contributed by atoms with van der Waals surface area (Å²) in [6.45, 7) is -0.193. The molecular weight excluding hydrogens is 358 g/mol. The van der Waals surface area contributed by atoms with E-state index in [1.54, 1.807) is 24.3 Å². The molecule has 0 spiro atoms. The average Bonchev–Trinajstić information content (AvgIpc) is 3.06. The summed E-state index contributed by atoms with van der Waals surface area (Å²) in [6, 6.07) is 6.78. The lowest BCUT2D eigenvalue weighted by molar-refractivity contribution is -0.128. The van der Waals surface area contributed by atoms with Gasteiger partial charge in [-0.3, -0.25) is 4.79 Å². The first-order chi connectivity index (χ1) is 11.3. The van der Waals surface area contributed by atoms with E-state index in [0.717, 1.165) is 10.9 Å². The van der Waals surface area contributed by atoms with Crippen molar-refractivity contribution in [3.63, 3.8) is 0 Å². The SMILES string of the molecule is O=C(NCC(=O)N1CCS(=O)(=O)C1)Oc1cc2cc(Cl)ccc2[nH]1. The van der Waals surface area contributed by atoms with Gasteiger partial charge in [-0.2, -0.15) is 0 Å². The molecule has 10 heteroatoms. The van der Waals surface area contributed by atoms with Crippen LogP contribution < -0.4 is 10.1 Å². The predicted octanol–water partition coefficient (Wildman–Crippen LogP) is 1.12. The fourth-order valence-electron chi connectivity index (χ4n) is 2.34. The summed E-state index contributed by atoms with van der Waals surface area (Å²) in [5, 5.41) is 3.64. The second-order valence-electron chi connectivity index (χ2n) is 5.34. The number of benzene rings is 1. The van der Waals surface area contributed by atoms with Crippen LogP contribution in [0.1, 0.15) is 0 Å². The van der Waals surface area contributed by atoms with Gasteiger partial charge >= 0.3 is 6.09 Å². The minimum absolute atomic E-state index is 0.0548. The van der Waals surface area contributed by atoms with E-state index in [1.165, 1.54) is 4.90 Å². The van der Waals surface area contributed by atoms with E-state index in [4.69, 9.17) is 16.3 Å². The number of H-pyrrole nitrogens is 1. The predicted molar refractivity (Wildman–Crippen MR) is 87.7 cm³/mol. The Labute approximate surface area is 142 Å². The number of carbonyl (C=O) groups is 2. The van der Waals surface area contributed by atoms with Gasteiger partial charge in [0.2, 0.25) is 11.8 Å². The van der Waals surface area contributed by atoms with Crippen molar-refractivity contribution in [2.45, 2.75) is 0 Å². The molecule has 0 radical (unpaired) electrons. The van der Waals surface area contributed by atoms with E-state index < -0.39 is 21.8 Å². The summed E-state index contributed by atoms with van der Waals surface area (Å²) in [5.74, 6) is -0.635. The highest BCUT2D eigenvalue weighted by Crippen LogP contribution is 2.23. The van der Waals surface area contributed by atoms with Crippen molar-refractivity contribution in [3.8, 4) is 5.88 Å². The highest BCUT2D eigenvalue weighted by atomic mass is 35.5. The van der Waals surface area contributed by atoms with E-state index >= 15 is 0 Å². The Morgan fingerprint density at radius 3 is 2.83 bits per heavy atom. The molecule has 1 aliphatic heterocycles. The van der Waals surface area contributed by atoms with Crippen molar-refractivity contribution < 1.29 is 22.7 Å². The topological polar surface area (TPSA) is 109 Å². The molecule has 1 aliphatic rings. The van der Waals surface area contributed by atoms with Crippen molar-refractivity contribution in [2.24, 2.45) is 0 Å². The monoisotopic (exact) mass is 371 g/mol. The number of nitrogens with one attached hydrogen (secondary N) is 2. The smallest absolute Gasteiger partial charge is 0.393 e. The van der Waals surface area contributed by atoms with E-state index in [1.807, 2.05) is 0 Å². The van der Waals surface area contributed by atoms with Gasteiger partial charge in [0.25, 0.3) is 0 Å². The molecule has 2 amide bonds. The molecule has 0 unspecified atom stereocenters. The number of aromatic amines is 1. The summed E-state index contributed by atoms with van der Waals surface area (Å²) in [4.78, 5) is 27.6. The lowest BCUT2D eigenvalue weighted by atomic mass is 10.2. The summed E-state index contributed by atoms with van der Waals surface area (Å²) in [6.07, 6.45) is -0.817. The normalized spacial score (nSPS) is 16.3. The molecule has 3 rings (SSSR count). The molecule has 2 N–H and O–H groups in total. The quantitative estimate of drug-likeness (QED) is 0.840. The van der Waals surface area contributed by atoms with Crippen molar-refractivity contribution in [2.75, 3.05) is 24.7 Å².